The van der Waals surface area contributed by atoms with Gasteiger partial charge in [-0.15, -0.1) is 0 Å². The van der Waals surface area contributed by atoms with Gasteiger partial charge in [0.2, 0.25) is 0 Å². The van der Waals surface area contributed by atoms with Gasteiger partial charge in [0.05, 0.1) is 24.8 Å². The summed E-state index contributed by atoms with van der Waals surface area (Å²) in [6.07, 6.45) is 0.0992. The summed E-state index contributed by atoms with van der Waals surface area (Å²) >= 11 is 6.05. The zero-order chi connectivity index (χ0) is 10.7. The Morgan fingerprint density at radius 2 is 2.40 bits per heavy atom. The number of morpholine rings is 1. The van der Waals surface area contributed by atoms with Crippen LogP contribution in [0.15, 0.2) is 18.2 Å². The fourth-order valence-electron chi connectivity index (χ4n) is 1.66. The summed E-state index contributed by atoms with van der Waals surface area (Å²) in [5.41, 5.74) is 1.09. The molecule has 3 nitrogen and oxygen atoms in total. The average Bonchev–Trinajstić information content (AvgIpc) is 2.30. The van der Waals surface area contributed by atoms with Crippen molar-refractivity contribution < 1.29 is 9.47 Å². The predicted octanol–water partition coefficient (Wildman–Crippen LogP) is 2.01. The van der Waals surface area contributed by atoms with Gasteiger partial charge in [-0.05, 0) is 17.7 Å². The molecule has 4 heteroatoms. The van der Waals surface area contributed by atoms with Crippen molar-refractivity contribution in [2.24, 2.45) is 0 Å². The molecule has 1 atom stereocenters. The van der Waals surface area contributed by atoms with Crippen LogP contribution >= 0.6 is 11.6 Å². The standard InChI is InChI=1S/C11H14ClNO2/c1-14-10-3-2-8(6-9(10)12)11-7-13-4-5-15-11/h2-3,6,11,13H,4-5,7H2,1H3. The van der Waals surface area contributed by atoms with Crippen molar-refractivity contribution in [3.8, 4) is 5.75 Å². The van der Waals surface area contributed by atoms with Gasteiger partial charge in [-0.3, -0.25) is 0 Å². The first-order valence-electron chi connectivity index (χ1n) is 4.97. The Morgan fingerprint density at radius 1 is 1.53 bits per heavy atom. The lowest BCUT2D eigenvalue weighted by molar-refractivity contribution is 0.0277. The Morgan fingerprint density at radius 3 is 3.00 bits per heavy atom. The highest BCUT2D eigenvalue weighted by Crippen LogP contribution is 2.29. The largest absolute Gasteiger partial charge is 0.495 e. The maximum atomic E-state index is 6.05. The molecular formula is C11H14ClNO2. The van der Waals surface area contributed by atoms with Gasteiger partial charge >= 0.3 is 0 Å². The molecule has 0 aliphatic carbocycles. The molecule has 1 fully saturated rings. The van der Waals surface area contributed by atoms with E-state index >= 15 is 0 Å². The first-order valence-corrected chi connectivity index (χ1v) is 5.35. The van der Waals surface area contributed by atoms with E-state index in [4.69, 9.17) is 21.1 Å². The zero-order valence-corrected chi connectivity index (χ0v) is 9.38. The third-order valence-corrected chi connectivity index (χ3v) is 2.77. The predicted molar refractivity (Wildman–Crippen MR) is 59.6 cm³/mol. The third-order valence-electron chi connectivity index (χ3n) is 2.48. The number of halogens is 1. The normalized spacial score (nSPS) is 21.3. The van der Waals surface area contributed by atoms with Crippen LogP contribution in [0, 0.1) is 0 Å². The highest BCUT2D eigenvalue weighted by molar-refractivity contribution is 6.32. The van der Waals surface area contributed by atoms with Crippen LogP contribution in [0.5, 0.6) is 5.75 Å². The maximum Gasteiger partial charge on any atom is 0.137 e. The monoisotopic (exact) mass is 227 g/mol. The number of nitrogens with one attached hydrogen (secondary N) is 1. The van der Waals surface area contributed by atoms with E-state index in [1.807, 2.05) is 18.2 Å². The summed E-state index contributed by atoms with van der Waals surface area (Å²) in [6.45, 7) is 2.50. The highest BCUT2D eigenvalue weighted by Gasteiger charge is 2.16. The number of benzene rings is 1. The van der Waals surface area contributed by atoms with Gasteiger partial charge in [-0.1, -0.05) is 17.7 Å². The van der Waals surface area contributed by atoms with Crippen LogP contribution in [0.4, 0.5) is 0 Å². The average molecular weight is 228 g/mol. The van der Waals surface area contributed by atoms with E-state index in [0.717, 1.165) is 25.3 Å². The summed E-state index contributed by atoms with van der Waals surface area (Å²) in [6, 6.07) is 5.76. The molecule has 0 aromatic heterocycles. The van der Waals surface area contributed by atoms with Crippen LogP contribution < -0.4 is 10.1 Å². The molecule has 1 aromatic carbocycles. The van der Waals surface area contributed by atoms with Crippen molar-refractivity contribution in [2.75, 3.05) is 26.8 Å². The Bertz CT molecular complexity index is 337. The van der Waals surface area contributed by atoms with Crippen LogP contribution in [-0.4, -0.2) is 26.8 Å². The molecule has 2 rings (SSSR count). The number of methoxy groups -OCH3 is 1. The second kappa shape index (κ2) is 4.84. The topological polar surface area (TPSA) is 30.5 Å². The van der Waals surface area contributed by atoms with Gasteiger partial charge in [0.15, 0.2) is 0 Å². The van der Waals surface area contributed by atoms with Crippen molar-refractivity contribution in [3.05, 3.63) is 28.8 Å². The van der Waals surface area contributed by atoms with Gasteiger partial charge in [0.1, 0.15) is 5.75 Å². The fraction of sp³-hybridized carbons (Fsp3) is 0.455. The van der Waals surface area contributed by atoms with E-state index in [-0.39, 0.29) is 6.10 Å². The Balaban J connectivity index is 2.17. The summed E-state index contributed by atoms with van der Waals surface area (Å²) in [4.78, 5) is 0. The SMILES string of the molecule is COc1ccc(C2CNCCO2)cc1Cl. The second-order valence-electron chi connectivity index (χ2n) is 3.46. The Hall–Kier alpha value is -0.770. The van der Waals surface area contributed by atoms with E-state index in [1.54, 1.807) is 7.11 Å². The third kappa shape index (κ3) is 2.43. The van der Waals surface area contributed by atoms with Crippen LogP contribution in [0.25, 0.3) is 0 Å². The molecular weight excluding hydrogens is 214 g/mol. The Labute approximate surface area is 94.3 Å². The number of hydrogen-bond donors (Lipinski definition) is 1. The van der Waals surface area contributed by atoms with Crippen molar-refractivity contribution in [2.45, 2.75) is 6.10 Å². The lowest BCUT2D eigenvalue weighted by atomic mass is 10.1. The highest BCUT2D eigenvalue weighted by atomic mass is 35.5. The molecule has 15 heavy (non-hydrogen) atoms. The summed E-state index contributed by atoms with van der Waals surface area (Å²) < 4.78 is 10.7. The lowest BCUT2D eigenvalue weighted by Gasteiger charge is -2.24. The molecule has 1 unspecified atom stereocenters. The summed E-state index contributed by atoms with van der Waals surface area (Å²) in [5.74, 6) is 0.698. The molecule has 0 radical (unpaired) electrons. The van der Waals surface area contributed by atoms with Gasteiger partial charge in [0, 0.05) is 13.1 Å². The molecule has 0 amide bonds. The molecule has 0 bridgehead atoms. The minimum atomic E-state index is 0.0992. The molecule has 82 valence electrons. The van der Waals surface area contributed by atoms with Crippen molar-refractivity contribution in [1.82, 2.24) is 5.32 Å². The molecule has 0 spiro atoms. The van der Waals surface area contributed by atoms with Crippen LogP contribution in [0.2, 0.25) is 5.02 Å². The minimum absolute atomic E-state index is 0.0992. The van der Waals surface area contributed by atoms with Gasteiger partial charge in [-0.25, -0.2) is 0 Å². The van der Waals surface area contributed by atoms with Crippen LogP contribution in [-0.2, 0) is 4.74 Å². The number of rotatable bonds is 2. The van der Waals surface area contributed by atoms with Crippen molar-refractivity contribution in [1.29, 1.82) is 0 Å². The van der Waals surface area contributed by atoms with Crippen molar-refractivity contribution in [3.63, 3.8) is 0 Å². The van der Waals surface area contributed by atoms with Crippen molar-refractivity contribution >= 4 is 11.6 Å². The summed E-state index contributed by atoms with van der Waals surface area (Å²) in [7, 11) is 1.61. The number of ether oxygens (including phenoxy) is 2. The van der Waals surface area contributed by atoms with Crippen LogP contribution in [0.1, 0.15) is 11.7 Å². The number of hydrogen-bond acceptors (Lipinski definition) is 3. The van der Waals surface area contributed by atoms with E-state index < -0.39 is 0 Å². The second-order valence-corrected chi connectivity index (χ2v) is 3.86. The molecule has 1 saturated heterocycles. The van der Waals surface area contributed by atoms with Crippen LogP contribution in [0.3, 0.4) is 0 Å². The molecule has 1 N–H and O–H groups in total. The van der Waals surface area contributed by atoms with Gasteiger partial charge in [-0.2, -0.15) is 0 Å². The molecule has 1 aliphatic rings. The molecule has 1 heterocycles. The fourth-order valence-corrected chi connectivity index (χ4v) is 1.93. The summed E-state index contributed by atoms with van der Waals surface area (Å²) in [5, 5.41) is 3.91. The quantitative estimate of drug-likeness (QED) is 0.839. The smallest absolute Gasteiger partial charge is 0.137 e. The minimum Gasteiger partial charge on any atom is -0.495 e. The van der Waals surface area contributed by atoms with E-state index in [0.29, 0.717) is 10.8 Å². The van der Waals surface area contributed by atoms with E-state index in [2.05, 4.69) is 5.32 Å². The van der Waals surface area contributed by atoms with Gasteiger partial charge in [0.25, 0.3) is 0 Å². The Kier molecular flexibility index (Phi) is 3.46. The molecule has 1 aromatic rings. The maximum absolute atomic E-state index is 6.05. The van der Waals surface area contributed by atoms with Gasteiger partial charge < -0.3 is 14.8 Å². The molecule has 1 aliphatic heterocycles. The zero-order valence-electron chi connectivity index (χ0n) is 8.63. The van der Waals surface area contributed by atoms with E-state index in [1.165, 1.54) is 0 Å². The first kappa shape index (κ1) is 10.7. The molecule has 0 saturated carbocycles. The van der Waals surface area contributed by atoms with E-state index in [9.17, 15) is 0 Å². The first-order chi connectivity index (χ1) is 7.31. The lowest BCUT2D eigenvalue weighted by Crippen LogP contribution is -2.33.